The second-order valence-corrected chi connectivity index (χ2v) is 3.65. The van der Waals surface area contributed by atoms with Crippen molar-refractivity contribution in [3.8, 4) is 0 Å². The predicted octanol–water partition coefficient (Wildman–Crippen LogP) is 2.97. The van der Waals surface area contributed by atoms with Crippen LogP contribution in [0.15, 0.2) is 16.8 Å². The first-order valence-corrected chi connectivity index (χ1v) is 6.17. The Hall–Kier alpha value is -0.420. The van der Waals surface area contributed by atoms with Gasteiger partial charge in [0.15, 0.2) is 0 Å². The molecule has 0 radical (unpaired) electrons. The maximum absolute atomic E-state index is 5.62. The zero-order valence-corrected chi connectivity index (χ0v) is 10.3. The molecule has 1 aromatic rings. The maximum atomic E-state index is 5.62. The lowest BCUT2D eigenvalue weighted by Crippen LogP contribution is -2.36. The van der Waals surface area contributed by atoms with E-state index in [2.05, 4.69) is 0 Å². The molecule has 0 bridgehead atoms. The van der Waals surface area contributed by atoms with Gasteiger partial charge in [-0.2, -0.15) is 11.3 Å². The van der Waals surface area contributed by atoms with E-state index in [0.717, 1.165) is 5.56 Å². The molecule has 0 saturated carbocycles. The van der Waals surface area contributed by atoms with Gasteiger partial charge in [0.2, 0.25) is 0 Å². The van der Waals surface area contributed by atoms with Gasteiger partial charge in [0, 0.05) is 25.2 Å². The normalized spacial score (nSPS) is 11.9. The highest BCUT2D eigenvalue weighted by Gasteiger charge is 2.35. The highest BCUT2D eigenvalue weighted by Crippen LogP contribution is 2.30. The molecule has 0 N–H and O–H groups in total. The molecule has 4 heteroatoms. The Morgan fingerprint density at radius 2 is 1.60 bits per heavy atom. The Bertz CT molecular complexity index is 242. The first-order chi connectivity index (χ1) is 7.29. The Balaban J connectivity index is 2.90. The van der Waals surface area contributed by atoms with Gasteiger partial charge in [-0.15, -0.1) is 0 Å². The summed E-state index contributed by atoms with van der Waals surface area (Å²) in [5.74, 6) is -1.02. The van der Waals surface area contributed by atoms with E-state index in [-0.39, 0.29) is 0 Å². The van der Waals surface area contributed by atoms with Gasteiger partial charge in [-0.1, -0.05) is 0 Å². The molecule has 0 spiro atoms. The molecule has 1 heterocycles. The Labute approximate surface area is 95.0 Å². The molecule has 0 atom stereocenters. The second-order valence-electron chi connectivity index (χ2n) is 2.87. The molecule has 0 aliphatic rings. The number of hydrogen-bond donors (Lipinski definition) is 0. The van der Waals surface area contributed by atoms with Crippen molar-refractivity contribution in [2.75, 3.05) is 19.8 Å². The van der Waals surface area contributed by atoms with Crippen LogP contribution in [0.1, 0.15) is 26.3 Å². The highest BCUT2D eigenvalue weighted by molar-refractivity contribution is 7.07. The molecule has 3 nitrogen and oxygen atoms in total. The van der Waals surface area contributed by atoms with E-state index in [0.29, 0.717) is 19.8 Å². The molecule has 86 valence electrons. The number of hydrogen-bond acceptors (Lipinski definition) is 4. The largest absolute Gasteiger partial charge is 0.324 e. The number of rotatable bonds is 7. The molecule has 1 rings (SSSR count). The summed E-state index contributed by atoms with van der Waals surface area (Å²) >= 11 is 1.60. The summed E-state index contributed by atoms with van der Waals surface area (Å²) in [6, 6.07) is 1.96. The van der Waals surface area contributed by atoms with Crippen molar-refractivity contribution in [2.24, 2.45) is 0 Å². The zero-order chi connectivity index (χ0) is 11.1. The van der Waals surface area contributed by atoms with Crippen molar-refractivity contribution in [1.82, 2.24) is 0 Å². The smallest absolute Gasteiger partial charge is 0.312 e. The van der Waals surface area contributed by atoms with Gasteiger partial charge in [-0.3, -0.25) is 0 Å². The second kappa shape index (κ2) is 6.23. The minimum Gasteiger partial charge on any atom is -0.324 e. The van der Waals surface area contributed by atoms with Crippen LogP contribution in [0.5, 0.6) is 0 Å². The molecule has 0 aromatic carbocycles. The van der Waals surface area contributed by atoms with E-state index >= 15 is 0 Å². The molecule has 0 amide bonds. The Kier molecular flexibility index (Phi) is 5.25. The van der Waals surface area contributed by atoms with E-state index in [4.69, 9.17) is 14.2 Å². The van der Waals surface area contributed by atoms with E-state index in [9.17, 15) is 0 Å². The molecule has 1 aromatic heterocycles. The third-order valence-electron chi connectivity index (χ3n) is 1.88. The van der Waals surface area contributed by atoms with Crippen molar-refractivity contribution in [1.29, 1.82) is 0 Å². The summed E-state index contributed by atoms with van der Waals surface area (Å²) in [6.07, 6.45) is 0. The number of thiophene rings is 1. The van der Waals surface area contributed by atoms with Crippen molar-refractivity contribution in [3.63, 3.8) is 0 Å². The molecule has 0 aliphatic heterocycles. The highest BCUT2D eigenvalue weighted by atomic mass is 32.1. The molecule has 0 fully saturated rings. The van der Waals surface area contributed by atoms with Crippen molar-refractivity contribution < 1.29 is 14.2 Å². The summed E-state index contributed by atoms with van der Waals surface area (Å²) in [7, 11) is 0. The summed E-state index contributed by atoms with van der Waals surface area (Å²) in [4.78, 5) is 0. The lowest BCUT2D eigenvalue weighted by molar-refractivity contribution is -0.389. The van der Waals surface area contributed by atoms with Gasteiger partial charge in [-0.25, -0.2) is 0 Å². The molecule has 15 heavy (non-hydrogen) atoms. The van der Waals surface area contributed by atoms with Crippen LogP contribution in [0, 0.1) is 0 Å². The standard InChI is InChI=1S/C11H18O3S/c1-4-12-11(13-5-2,14-6-3)10-7-8-15-9-10/h7-9H,4-6H2,1-3H3. The van der Waals surface area contributed by atoms with Gasteiger partial charge in [-0.05, 0) is 32.2 Å². The van der Waals surface area contributed by atoms with E-state index in [1.807, 2.05) is 37.6 Å². The average Bonchev–Trinajstić information content (AvgIpc) is 2.72. The summed E-state index contributed by atoms with van der Waals surface area (Å²) in [5.41, 5.74) is 0.929. The fourth-order valence-electron chi connectivity index (χ4n) is 1.38. The fourth-order valence-corrected chi connectivity index (χ4v) is 2.06. The predicted molar refractivity (Wildman–Crippen MR) is 60.9 cm³/mol. The SMILES string of the molecule is CCOC(OCC)(OCC)c1ccsc1. The third-order valence-corrected chi connectivity index (χ3v) is 2.56. The van der Waals surface area contributed by atoms with Gasteiger partial charge >= 0.3 is 5.97 Å². The van der Waals surface area contributed by atoms with Crippen molar-refractivity contribution in [3.05, 3.63) is 22.4 Å². The average molecular weight is 230 g/mol. The summed E-state index contributed by atoms with van der Waals surface area (Å²) in [5, 5.41) is 3.97. The van der Waals surface area contributed by atoms with Crippen molar-refractivity contribution in [2.45, 2.75) is 26.7 Å². The van der Waals surface area contributed by atoms with E-state index < -0.39 is 5.97 Å². The van der Waals surface area contributed by atoms with Crippen LogP contribution in [0.2, 0.25) is 0 Å². The van der Waals surface area contributed by atoms with E-state index in [1.165, 1.54) is 0 Å². The minimum absolute atomic E-state index is 0.551. The quantitative estimate of drug-likeness (QED) is 0.674. The first-order valence-electron chi connectivity index (χ1n) is 5.23. The minimum atomic E-state index is -1.02. The lowest BCUT2D eigenvalue weighted by Gasteiger charge is -2.31. The van der Waals surface area contributed by atoms with Gasteiger partial charge in [0.1, 0.15) is 0 Å². The lowest BCUT2D eigenvalue weighted by atomic mass is 10.3. The summed E-state index contributed by atoms with van der Waals surface area (Å²) < 4.78 is 16.9. The van der Waals surface area contributed by atoms with Gasteiger partial charge < -0.3 is 14.2 Å². The first kappa shape index (κ1) is 12.6. The fraction of sp³-hybridized carbons (Fsp3) is 0.636. The van der Waals surface area contributed by atoms with Crippen LogP contribution in [0.3, 0.4) is 0 Å². The molecule has 0 saturated heterocycles. The van der Waals surface area contributed by atoms with Crippen molar-refractivity contribution >= 4 is 11.3 Å². The van der Waals surface area contributed by atoms with Crippen LogP contribution < -0.4 is 0 Å². The monoisotopic (exact) mass is 230 g/mol. The molecule has 0 aliphatic carbocycles. The number of ether oxygens (including phenoxy) is 3. The van der Waals surface area contributed by atoms with Crippen LogP contribution in [0.4, 0.5) is 0 Å². The zero-order valence-electron chi connectivity index (χ0n) is 9.49. The van der Waals surface area contributed by atoms with Crippen LogP contribution in [-0.2, 0) is 20.2 Å². The third kappa shape index (κ3) is 3.01. The van der Waals surface area contributed by atoms with E-state index in [1.54, 1.807) is 11.3 Å². The molecular formula is C11H18O3S. The van der Waals surface area contributed by atoms with Gasteiger partial charge in [0.25, 0.3) is 0 Å². The maximum Gasteiger partial charge on any atom is 0.312 e. The molecular weight excluding hydrogens is 212 g/mol. The Morgan fingerprint density at radius 3 is 1.93 bits per heavy atom. The van der Waals surface area contributed by atoms with Gasteiger partial charge in [0.05, 0.1) is 5.56 Å². The van der Waals surface area contributed by atoms with Crippen LogP contribution in [-0.4, -0.2) is 19.8 Å². The van der Waals surface area contributed by atoms with Crippen LogP contribution >= 0.6 is 11.3 Å². The van der Waals surface area contributed by atoms with Crippen LogP contribution in [0.25, 0.3) is 0 Å². The molecule has 0 unspecified atom stereocenters. The topological polar surface area (TPSA) is 27.7 Å². The Morgan fingerprint density at radius 1 is 1.07 bits per heavy atom. The summed E-state index contributed by atoms with van der Waals surface area (Å²) in [6.45, 7) is 7.44.